The molecule has 1 aromatic heterocycles. The smallest absolute Gasteiger partial charge is 0.160 e. The van der Waals surface area contributed by atoms with Crippen LogP contribution >= 0.6 is 0 Å². The molecule has 0 unspecified atom stereocenters. The van der Waals surface area contributed by atoms with Crippen molar-refractivity contribution < 1.29 is 8.78 Å². The summed E-state index contributed by atoms with van der Waals surface area (Å²) in [5, 5.41) is 0.768. The third-order valence-corrected chi connectivity index (χ3v) is 3.29. The van der Waals surface area contributed by atoms with Crippen LogP contribution in [0.15, 0.2) is 12.1 Å². The summed E-state index contributed by atoms with van der Waals surface area (Å²) in [6.45, 7) is 0. The van der Waals surface area contributed by atoms with Crippen molar-refractivity contribution in [1.29, 1.82) is 0 Å². The Balaban J connectivity index is 2.32. The van der Waals surface area contributed by atoms with Crippen LogP contribution in [0.1, 0.15) is 30.1 Å². The molecule has 0 saturated heterocycles. The van der Waals surface area contributed by atoms with E-state index in [-0.39, 0.29) is 6.04 Å². The van der Waals surface area contributed by atoms with Crippen LogP contribution in [0.2, 0.25) is 0 Å². The Hall–Kier alpha value is -1.42. The average molecular weight is 222 g/mol. The molecule has 2 aromatic rings. The molecule has 1 aliphatic rings. The Bertz CT molecular complexity index is 560. The first-order valence-corrected chi connectivity index (χ1v) is 5.42. The molecule has 0 fully saturated rings. The maximum Gasteiger partial charge on any atom is 0.160 e. The van der Waals surface area contributed by atoms with Crippen molar-refractivity contribution in [3.63, 3.8) is 0 Å². The number of halogens is 2. The molecule has 1 aliphatic carbocycles. The summed E-state index contributed by atoms with van der Waals surface area (Å²) in [5.41, 5.74) is 8.59. The van der Waals surface area contributed by atoms with Crippen LogP contribution in [0.3, 0.4) is 0 Å². The average Bonchev–Trinajstić information content (AvgIpc) is 2.59. The molecule has 0 aliphatic heterocycles. The van der Waals surface area contributed by atoms with Gasteiger partial charge in [0.25, 0.3) is 0 Å². The molecule has 0 spiro atoms. The van der Waals surface area contributed by atoms with E-state index in [1.807, 2.05) is 0 Å². The van der Waals surface area contributed by atoms with Crippen molar-refractivity contribution in [2.45, 2.75) is 25.3 Å². The van der Waals surface area contributed by atoms with Crippen LogP contribution in [0.4, 0.5) is 8.78 Å². The Kier molecular flexibility index (Phi) is 2.01. The zero-order chi connectivity index (χ0) is 11.3. The highest BCUT2D eigenvalue weighted by Gasteiger charge is 2.22. The summed E-state index contributed by atoms with van der Waals surface area (Å²) >= 11 is 0. The summed E-state index contributed by atoms with van der Waals surface area (Å²) in [5.74, 6) is -1.62. The highest BCUT2D eigenvalue weighted by atomic mass is 19.2. The number of aromatic amines is 1. The second kappa shape index (κ2) is 3.28. The lowest BCUT2D eigenvalue weighted by Gasteiger charge is -2.18. The molecule has 1 atom stereocenters. The van der Waals surface area contributed by atoms with Crippen molar-refractivity contribution in [2.24, 2.45) is 5.73 Å². The minimum atomic E-state index is -0.820. The van der Waals surface area contributed by atoms with Crippen LogP contribution in [0.5, 0.6) is 0 Å². The molecule has 1 aromatic carbocycles. The predicted octanol–water partition coefficient (Wildman–Crippen LogP) is 2.78. The first kappa shape index (κ1) is 9.78. The molecule has 0 amide bonds. The van der Waals surface area contributed by atoms with Gasteiger partial charge in [0.15, 0.2) is 11.6 Å². The van der Waals surface area contributed by atoms with Crippen LogP contribution < -0.4 is 5.73 Å². The quantitative estimate of drug-likeness (QED) is 0.707. The lowest BCUT2D eigenvalue weighted by Crippen LogP contribution is -2.16. The Morgan fingerprint density at radius 2 is 2.00 bits per heavy atom. The lowest BCUT2D eigenvalue weighted by atomic mass is 9.92. The Morgan fingerprint density at radius 1 is 1.25 bits per heavy atom. The van der Waals surface area contributed by atoms with Crippen LogP contribution in [-0.2, 0) is 6.42 Å². The number of H-pyrrole nitrogens is 1. The summed E-state index contributed by atoms with van der Waals surface area (Å²) < 4.78 is 26.3. The van der Waals surface area contributed by atoms with E-state index in [0.29, 0.717) is 5.52 Å². The first-order chi connectivity index (χ1) is 7.66. The van der Waals surface area contributed by atoms with Gasteiger partial charge in [-0.05, 0) is 30.9 Å². The maximum atomic E-state index is 13.2. The largest absolute Gasteiger partial charge is 0.357 e. The molecule has 16 heavy (non-hydrogen) atoms. The van der Waals surface area contributed by atoms with E-state index < -0.39 is 11.6 Å². The third kappa shape index (κ3) is 1.26. The van der Waals surface area contributed by atoms with E-state index in [0.717, 1.165) is 35.9 Å². The van der Waals surface area contributed by atoms with E-state index >= 15 is 0 Å². The number of rotatable bonds is 0. The van der Waals surface area contributed by atoms with Gasteiger partial charge in [-0.2, -0.15) is 0 Å². The number of hydrogen-bond donors (Lipinski definition) is 2. The van der Waals surface area contributed by atoms with Crippen LogP contribution in [0.25, 0.3) is 10.9 Å². The van der Waals surface area contributed by atoms with E-state index in [2.05, 4.69) is 4.98 Å². The molecular formula is C12H12F2N2. The Morgan fingerprint density at radius 3 is 2.81 bits per heavy atom. The zero-order valence-electron chi connectivity index (χ0n) is 8.69. The third-order valence-electron chi connectivity index (χ3n) is 3.29. The highest BCUT2D eigenvalue weighted by Crippen LogP contribution is 2.34. The normalized spacial score (nSPS) is 20.1. The van der Waals surface area contributed by atoms with E-state index in [4.69, 9.17) is 5.73 Å². The van der Waals surface area contributed by atoms with Gasteiger partial charge in [0.2, 0.25) is 0 Å². The van der Waals surface area contributed by atoms with E-state index in [1.165, 1.54) is 12.1 Å². The molecule has 0 saturated carbocycles. The number of benzene rings is 1. The minimum absolute atomic E-state index is 0.0396. The fourth-order valence-corrected chi connectivity index (χ4v) is 2.49. The van der Waals surface area contributed by atoms with Gasteiger partial charge in [0, 0.05) is 28.7 Å². The van der Waals surface area contributed by atoms with E-state index in [9.17, 15) is 8.78 Å². The van der Waals surface area contributed by atoms with E-state index in [1.54, 1.807) is 0 Å². The Labute approximate surface area is 91.4 Å². The number of aryl methyl sites for hydroxylation is 1. The van der Waals surface area contributed by atoms with Gasteiger partial charge < -0.3 is 10.7 Å². The number of fused-ring (bicyclic) bond motifs is 3. The summed E-state index contributed by atoms with van der Waals surface area (Å²) in [7, 11) is 0. The molecule has 3 rings (SSSR count). The van der Waals surface area contributed by atoms with Gasteiger partial charge in [-0.25, -0.2) is 8.78 Å². The second-order valence-electron chi connectivity index (χ2n) is 4.33. The van der Waals surface area contributed by atoms with Crippen molar-refractivity contribution in [2.75, 3.05) is 0 Å². The van der Waals surface area contributed by atoms with Gasteiger partial charge in [-0.15, -0.1) is 0 Å². The van der Waals surface area contributed by atoms with Gasteiger partial charge in [-0.1, -0.05) is 0 Å². The van der Waals surface area contributed by atoms with Crippen LogP contribution in [-0.4, -0.2) is 4.98 Å². The molecule has 2 nitrogen and oxygen atoms in total. The zero-order valence-corrected chi connectivity index (χ0v) is 8.69. The van der Waals surface area contributed by atoms with Gasteiger partial charge in [0.05, 0.1) is 0 Å². The fraction of sp³-hybridized carbons (Fsp3) is 0.333. The highest BCUT2D eigenvalue weighted by molar-refractivity contribution is 5.85. The molecular weight excluding hydrogens is 210 g/mol. The lowest BCUT2D eigenvalue weighted by molar-refractivity contribution is 0.511. The van der Waals surface area contributed by atoms with Crippen molar-refractivity contribution in [3.05, 3.63) is 35.0 Å². The number of aromatic nitrogens is 1. The standard InChI is InChI=1S/C12H12F2N2/c13-8-4-7-6-2-1-3-10(15)12(6)16-11(7)5-9(8)14/h4-5,10,16H,1-3,15H2/t10-/m1/s1. The van der Waals surface area contributed by atoms with Gasteiger partial charge in [-0.3, -0.25) is 0 Å². The van der Waals surface area contributed by atoms with Crippen molar-refractivity contribution in [1.82, 2.24) is 4.98 Å². The number of hydrogen-bond acceptors (Lipinski definition) is 1. The summed E-state index contributed by atoms with van der Waals surface area (Å²) in [6, 6.07) is 2.43. The summed E-state index contributed by atoms with van der Waals surface area (Å²) in [6.07, 6.45) is 2.80. The molecule has 1 heterocycles. The second-order valence-corrected chi connectivity index (χ2v) is 4.33. The topological polar surface area (TPSA) is 41.8 Å². The number of nitrogens with two attached hydrogens (primary N) is 1. The monoisotopic (exact) mass is 222 g/mol. The molecule has 4 heteroatoms. The molecule has 3 N–H and O–H groups in total. The predicted molar refractivity (Wildman–Crippen MR) is 58.1 cm³/mol. The molecule has 84 valence electrons. The maximum absolute atomic E-state index is 13.2. The number of nitrogens with one attached hydrogen (secondary N) is 1. The van der Waals surface area contributed by atoms with Gasteiger partial charge >= 0.3 is 0 Å². The first-order valence-electron chi connectivity index (χ1n) is 5.42. The SMILES string of the molecule is N[C@@H]1CCCc2c1[nH]c1cc(F)c(F)cc21. The fourth-order valence-electron chi connectivity index (χ4n) is 2.49. The summed E-state index contributed by atoms with van der Waals surface area (Å²) in [4.78, 5) is 3.10. The van der Waals surface area contributed by atoms with Gasteiger partial charge in [0.1, 0.15) is 0 Å². The minimum Gasteiger partial charge on any atom is -0.357 e. The van der Waals surface area contributed by atoms with Crippen molar-refractivity contribution in [3.8, 4) is 0 Å². The van der Waals surface area contributed by atoms with Crippen LogP contribution in [0, 0.1) is 11.6 Å². The van der Waals surface area contributed by atoms with Crippen molar-refractivity contribution >= 4 is 10.9 Å². The molecule has 0 bridgehead atoms. The molecule has 0 radical (unpaired) electrons.